The Hall–Kier alpha value is -2.88. The minimum atomic E-state index is -0.0986. The summed E-state index contributed by atoms with van der Waals surface area (Å²) >= 11 is 0. The number of aryl methyl sites for hydroxylation is 2. The third kappa shape index (κ3) is 3.07. The molecule has 4 heteroatoms. The van der Waals surface area contributed by atoms with Gasteiger partial charge in [-0.25, -0.2) is 0 Å². The van der Waals surface area contributed by atoms with Crippen molar-refractivity contribution < 1.29 is 4.79 Å². The molecule has 0 bridgehead atoms. The van der Waals surface area contributed by atoms with Crippen LogP contribution >= 0.6 is 0 Å². The van der Waals surface area contributed by atoms with Crippen LogP contribution in [0.4, 0.5) is 5.69 Å². The molecule has 25 heavy (non-hydrogen) atoms. The maximum absolute atomic E-state index is 13.2. The van der Waals surface area contributed by atoms with Crippen LogP contribution in [-0.4, -0.2) is 17.0 Å². The van der Waals surface area contributed by atoms with Crippen LogP contribution in [0, 0.1) is 0 Å². The molecule has 0 atom stereocenters. The number of hydrogen-bond acceptors (Lipinski definition) is 2. The highest BCUT2D eigenvalue weighted by molar-refractivity contribution is 6.13. The maximum atomic E-state index is 13.2. The highest BCUT2D eigenvalue weighted by Crippen LogP contribution is 2.22. The zero-order chi connectivity index (χ0) is 18.0. The standard InChI is InChI=1S/C21H22N2O2/c1-4-15-10-12-16(13-11-15)23(5-2)21(25)19-14-22(3)20(24)18-9-7-6-8-17(18)19/h6-14H,4-5H2,1-3H3. The molecule has 2 aromatic carbocycles. The normalized spacial score (nSPS) is 10.8. The van der Waals surface area contributed by atoms with Crippen LogP contribution < -0.4 is 10.5 Å². The van der Waals surface area contributed by atoms with Gasteiger partial charge in [-0.15, -0.1) is 0 Å². The molecule has 0 saturated heterocycles. The van der Waals surface area contributed by atoms with Gasteiger partial charge in [-0.1, -0.05) is 37.3 Å². The van der Waals surface area contributed by atoms with Gasteiger partial charge in [0.25, 0.3) is 11.5 Å². The summed E-state index contributed by atoms with van der Waals surface area (Å²) in [4.78, 5) is 27.3. The quantitative estimate of drug-likeness (QED) is 0.729. The topological polar surface area (TPSA) is 42.3 Å². The summed E-state index contributed by atoms with van der Waals surface area (Å²) in [5.74, 6) is -0.0986. The monoisotopic (exact) mass is 334 g/mol. The predicted molar refractivity (Wildman–Crippen MR) is 102 cm³/mol. The fraction of sp³-hybridized carbons (Fsp3) is 0.238. The first-order valence-corrected chi connectivity index (χ1v) is 8.56. The van der Waals surface area contributed by atoms with Crippen LogP contribution in [-0.2, 0) is 13.5 Å². The molecule has 0 spiro atoms. The number of rotatable bonds is 4. The van der Waals surface area contributed by atoms with Crippen molar-refractivity contribution in [3.05, 3.63) is 76.2 Å². The van der Waals surface area contributed by atoms with Crippen molar-refractivity contribution in [3.63, 3.8) is 0 Å². The van der Waals surface area contributed by atoms with Crippen LogP contribution in [0.5, 0.6) is 0 Å². The second kappa shape index (κ2) is 6.93. The lowest BCUT2D eigenvalue weighted by molar-refractivity contribution is 0.0989. The predicted octanol–water partition coefficient (Wildman–Crippen LogP) is 3.77. The van der Waals surface area contributed by atoms with Gasteiger partial charge in [-0.05, 0) is 37.1 Å². The summed E-state index contributed by atoms with van der Waals surface area (Å²) in [5.41, 5.74) is 2.55. The Morgan fingerprint density at radius 1 is 1.00 bits per heavy atom. The molecule has 1 aromatic heterocycles. The van der Waals surface area contributed by atoms with Crippen LogP contribution in [0.2, 0.25) is 0 Å². The van der Waals surface area contributed by atoms with E-state index in [1.54, 1.807) is 24.2 Å². The Bertz CT molecular complexity index is 971. The molecule has 0 N–H and O–H groups in total. The fourth-order valence-corrected chi connectivity index (χ4v) is 3.09. The fourth-order valence-electron chi connectivity index (χ4n) is 3.09. The Morgan fingerprint density at radius 3 is 2.24 bits per heavy atom. The molecule has 0 unspecified atom stereocenters. The largest absolute Gasteiger partial charge is 0.317 e. The van der Waals surface area contributed by atoms with E-state index in [4.69, 9.17) is 0 Å². The van der Waals surface area contributed by atoms with Gasteiger partial charge >= 0.3 is 0 Å². The number of aromatic nitrogens is 1. The van der Waals surface area contributed by atoms with Crippen LogP contribution in [0.15, 0.2) is 59.5 Å². The SMILES string of the molecule is CCc1ccc(N(CC)C(=O)c2cn(C)c(=O)c3ccccc23)cc1. The maximum Gasteiger partial charge on any atom is 0.260 e. The number of anilines is 1. The number of pyridine rings is 1. The summed E-state index contributed by atoms with van der Waals surface area (Å²) in [7, 11) is 1.68. The molecule has 4 nitrogen and oxygen atoms in total. The van der Waals surface area contributed by atoms with E-state index < -0.39 is 0 Å². The average Bonchev–Trinajstić information content (AvgIpc) is 2.65. The Balaban J connectivity index is 2.11. The van der Waals surface area contributed by atoms with E-state index in [2.05, 4.69) is 6.92 Å². The van der Waals surface area contributed by atoms with Gasteiger partial charge in [-0.2, -0.15) is 0 Å². The molecular weight excluding hydrogens is 312 g/mol. The van der Waals surface area contributed by atoms with Crippen molar-refractivity contribution in [2.75, 3.05) is 11.4 Å². The molecule has 0 aliphatic rings. The van der Waals surface area contributed by atoms with Crippen molar-refractivity contribution >= 4 is 22.4 Å². The molecule has 0 fully saturated rings. The van der Waals surface area contributed by atoms with Crippen molar-refractivity contribution in [2.45, 2.75) is 20.3 Å². The smallest absolute Gasteiger partial charge is 0.260 e. The molecule has 1 amide bonds. The van der Waals surface area contributed by atoms with Gasteiger partial charge in [-0.3, -0.25) is 9.59 Å². The van der Waals surface area contributed by atoms with E-state index in [0.29, 0.717) is 22.9 Å². The Morgan fingerprint density at radius 2 is 1.64 bits per heavy atom. The van der Waals surface area contributed by atoms with Crippen LogP contribution in [0.1, 0.15) is 29.8 Å². The third-order valence-electron chi connectivity index (χ3n) is 4.54. The molecule has 0 aliphatic carbocycles. The van der Waals surface area contributed by atoms with Gasteiger partial charge in [0.2, 0.25) is 0 Å². The second-order valence-corrected chi connectivity index (χ2v) is 6.07. The molecule has 3 aromatic rings. The molecule has 128 valence electrons. The minimum Gasteiger partial charge on any atom is -0.317 e. The first-order valence-electron chi connectivity index (χ1n) is 8.56. The van der Waals surface area contributed by atoms with Gasteiger partial charge in [0.1, 0.15) is 0 Å². The third-order valence-corrected chi connectivity index (χ3v) is 4.54. The number of hydrogen-bond donors (Lipinski definition) is 0. The molecule has 3 rings (SSSR count). The van der Waals surface area contributed by atoms with E-state index in [9.17, 15) is 9.59 Å². The summed E-state index contributed by atoms with van der Waals surface area (Å²) < 4.78 is 1.48. The molecule has 0 saturated carbocycles. The lowest BCUT2D eigenvalue weighted by Gasteiger charge is -2.22. The summed E-state index contributed by atoms with van der Waals surface area (Å²) in [5, 5.41) is 1.26. The number of amides is 1. The lowest BCUT2D eigenvalue weighted by atomic mass is 10.1. The van der Waals surface area contributed by atoms with E-state index in [1.807, 2.05) is 49.4 Å². The van der Waals surface area contributed by atoms with E-state index in [-0.39, 0.29) is 11.5 Å². The van der Waals surface area contributed by atoms with E-state index in [1.165, 1.54) is 10.1 Å². The van der Waals surface area contributed by atoms with Crippen molar-refractivity contribution in [1.82, 2.24) is 4.57 Å². The van der Waals surface area contributed by atoms with Crippen molar-refractivity contribution in [1.29, 1.82) is 0 Å². The zero-order valence-corrected chi connectivity index (χ0v) is 14.8. The molecular formula is C21H22N2O2. The lowest BCUT2D eigenvalue weighted by Crippen LogP contribution is -2.32. The summed E-state index contributed by atoms with van der Waals surface area (Å²) in [6, 6.07) is 15.3. The highest BCUT2D eigenvalue weighted by atomic mass is 16.2. The van der Waals surface area contributed by atoms with Gasteiger partial charge < -0.3 is 9.47 Å². The second-order valence-electron chi connectivity index (χ2n) is 6.07. The summed E-state index contributed by atoms with van der Waals surface area (Å²) in [6.07, 6.45) is 2.60. The van der Waals surface area contributed by atoms with Gasteiger partial charge in [0.15, 0.2) is 0 Å². The van der Waals surface area contributed by atoms with E-state index in [0.717, 1.165) is 12.1 Å². The number of benzene rings is 2. The van der Waals surface area contributed by atoms with Crippen LogP contribution in [0.25, 0.3) is 10.8 Å². The number of carbonyl (C=O) groups is 1. The zero-order valence-electron chi connectivity index (χ0n) is 14.8. The molecule has 1 heterocycles. The first-order chi connectivity index (χ1) is 12.1. The highest BCUT2D eigenvalue weighted by Gasteiger charge is 2.20. The van der Waals surface area contributed by atoms with Crippen molar-refractivity contribution in [2.24, 2.45) is 7.05 Å². The van der Waals surface area contributed by atoms with E-state index >= 15 is 0 Å². The average molecular weight is 334 g/mol. The van der Waals surface area contributed by atoms with Crippen LogP contribution in [0.3, 0.4) is 0 Å². The number of carbonyl (C=O) groups excluding carboxylic acids is 1. The number of fused-ring (bicyclic) bond motifs is 1. The molecule has 0 aliphatic heterocycles. The van der Waals surface area contributed by atoms with Gasteiger partial charge in [0.05, 0.1) is 5.56 Å². The van der Waals surface area contributed by atoms with Gasteiger partial charge in [0, 0.05) is 36.2 Å². The Labute approximate surface area is 147 Å². The van der Waals surface area contributed by atoms with Crippen molar-refractivity contribution in [3.8, 4) is 0 Å². The first kappa shape index (κ1) is 17.0. The minimum absolute atomic E-state index is 0.0949. The Kier molecular flexibility index (Phi) is 4.70. The summed E-state index contributed by atoms with van der Waals surface area (Å²) in [6.45, 7) is 4.62. The molecule has 0 radical (unpaired) electrons. The number of nitrogens with zero attached hydrogens (tertiary/aromatic N) is 2.